The molecular formula is C15H24ClFN2O2S. The highest BCUT2D eigenvalue weighted by Crippen LogP contribution is 2.27. The minimum Gasteiger partial charge on any atom is -0.320 e. The van der Waals surface area contributed by atoms with Gasteiger partial charge in [-0.25, -0.2) is 12.8 Å². The number of sulfonamides is 1. The maximum atomic E-state index is 13.8. The van der Waals surface area contributed by atoms with Gasteiger partial charge in [0, 0.05) is 13.1 Å². The Kier molecular flexibility index (Phi) is 7.25. The summed E-state index contributed by atoms with van der Waals surface area (Å²) in [6, 6.07) is 4.22. The van der Waals surface area contributed by atoms with E-state index in [1.807, 2.05) is 7.05 Å². The van der Waals surface area contributed by atoms with E-state index in [0.29, 0.717) is 19.0 Å². The number of hydrogen-bond donors (Lipinski definition) is 1. The fourth-order valence-electron chi connectivity index (χ4n) is 2.73. The molecule has 0 radical (unpaired) electrons. The first-order chi connectivity index (χ1) is 9.95. The molecule has 0 amide bonds. The summed E-state index contributed by atoms with van der Waals surface area (Å²) >= 11 is 0. The molecule has 0 aliphatic carbocycles. The van der Waals surface area contributed by atoms with Crippen LogP contribution in [0.1, 0.15) is 24.8 Å². The molecule has 1 aromatic carbocycles. The van der Waals surface area contributed by atoms with Crippen LogP contribution in [-0.2, 0) is 10.0 Å². The van der Waals surface area contributed by atoms with Gasteiger partial charge in [0.1, 0.15) is 10.7 Å². The normalized spacial score (nSPS) is 17.2. The third-order valence-corrected chi connectivity index (χ3v) is 5.99. The highest BCUT2D eigenvalue weighted by Gasteiger charge is 2.31. The lowest BCUT2D eigenvalue weighted by Crippen LogP contribution is -2.39. The lowest BCUT2D eigenvalue weighted by Gasteiger charge is -2.31. The number of aryl methyl sites for hydroxylation is 1. The number of nitrogens with zero attached hydrogens (tertiary/aromatic N) is 1. The molecule has 1 aliphatic rings. The number of piperidine rings is 1. The van der Waals surface area contributed by atoms with Crippen molar-refractivity contribution in [2.45, 2.75) is 31.1 Å². The molecular weight excluding hydrogens is 327 g/mol. The molecule has 1 fully saturated rings. The Labute approximate surface area is 138 Å². The molecule has 1 N–H and O–H groups in total. The van der Waals surface area contributed by atoms with E-state index >= 15 is 0 Å². The van der Waals surface area contributed by atoms with E-state index in [1.54, 1.807) is 13.0 Å². The second kappa shape index (κ2) is 8.24. The van der Waals surface area contributed by atoms with Gasteiger partial charge in [0.15, 0.2) is 0 Å². The molecule has 0 bridgehead atoms. The van der Waals surface area contributed by atoms with Crippen molar-refractivity contribution in [3.05, 3.63) is 29.6 Å². The van der Waals surface area contributed by atoms with Crippen LogP contribution in [0.2, 0.25) is 0 Å². The third kappa shape index (κ3) is 4.41. The zero-order chi connectivity index (χ0) is 15.5. The maximum absolute atomic E-state index is 13.8. The molecule has 2 rings (SSSR count). The molecule has 1 heterocycles. The number of rotatable bonds is 5. The van der Waals surface area contributed by atoms with E-state index in [9.17, 15) is 12.8 Å². The quantitative estimate of drug-likeness (QED) is 0.888. The summed E-state index contributed by atoms with van der Waals surface area (Å²) in [5, 5.41) is 3.11. The molecule has 22 heavy (non-hydrogen) atoms. The van der Waals surface area contributed by atoms with Crippen LogP contribution in [0.5, 0.6) is 0 Å². The van der Waals surface area contributed by atoms with E-state index in [1.165, 1.54) is 16.4 Å². The Morgan fingerprint density at radius 1 is 1.32 bits per heavy atom. The van der Waals surface area contributed by atoms with Gasteiger partial charge >= 0.3 is 0 Å². The van der Waals surface area contributed by atoms with Crippen molar-refractivity contribution in [2.24, 2.45) is 5.92 Å². The molecule has 4 nitrogen and oxygen atoms in total. The second-order valence-corrected chi connectivity index (χ2v) is 7.58. The molecule has 1 aromatic rings. The Morgan fingerprint density at radius 2 is 1.95 bits per heavy atom. The van der Waals surface area contributed by atoms with Gasteiger partial charge in [-0.2, -0.15) is 4.31 Å². The molecule has 0 unspecified atom stereocenters. The topological polar surface area (TPSA) is 49.4 Å². The Morgan fingerprint density at radius 3 is 2.55 bits per heavy atom. The van der Waals surface area contributed by atoms with Gasteiger partial charge in [-0.3, -0.25) is 0 Å². The SMILES string of the molecule is CNCCC1CCN(S(=O)(=O)c2cc(C)ccc2F)CC1.Cl. The first-order valence-electron chi connectivity index (χ1n) is 7.36. The minimum atomic E-state index is -3.72. The minimum absolute atomic E-state index is 0. The van der Waals surface area contributed by atoms with E-state index in [0.717, 1.165) is 31.4 Å². The maximum Gasteiger partial charge on any atom is 0.245 e. The Hall–Kier alpha value is -0.690. The van der Waals surface area contributed by atoms with Crippen molar-refractivity contribution in [3.63, 3.8) is 0 Å². The average Bonchev–Trinajstić information content (AvgIpc) is 2.48. The zero-order valence-corrected chi connectivity index (χ0v) is 14.6. The molecule has 0 aromatic heterocycles. The Bertz CT molecular complexity index is 587. The number of nitrogens with one attached hydrogen (secondary N) is 1. The monoisotopic (exact) mass is 350 g/mol. The number of hydrogen-bond acceptors (Lipinski definition) is 3. The van der Waals surface area contributed by atoms with Gasteiger partial charge in [0.25, 0.3) is 0 Å². The summed E-state index contributed by atoms with van der Waals surface area (Å²) in [4.78, 5) is -0.198. The van der Waals surface area contributed by atoms with Crippen molar-refractivity contribution in [1.82, 2.24) is 9.62 Å². The van der Waals surface area contributed by atoms with Gasteiger partial charge in [-0.1, -0.05) is 6.07 Å². The van der Waals surface area contributed by atoms with Crippen LogP contribution in [0.3, 0.4) is 0 Å². The van der Waals surface area contributed by atoms with Crippen LogP contribution in [0.4, 0.5) is 4.39 Å². The summed E-state index contributed by atoms with van der Waals surface area (Å²) < 4.78 is 40.4. The number of halogens is 2. The van der Waals surface area contributed by atoms with E-state index < -0.39 is 15.8 Å². The zero-order valence-electron chi connectivity index (χ0n) is 13.0. The van der Waals surface area contributed by atoms with Crippen LogP contribution in [0.25, 0.3) is 0 Å². The van der Waals surface area contributed by atoms with Crippen molar-refractivity contribution in [2.75, 3.05) is 26.7 Å². The third-order valence-electron chi connectivity index (χ3n) is 4.08. The van der Waals surface area contributed by atoms with Gasteiger partial charge in [0.2, 0.25) is 10.0 Å². The highest BCUT2D eigenvalue weighted by atomic mass is 35.5. The largest absolute Gasteiger partial charge is 0.320 e. The smallest absolute Gasteiger partial charge is 0.245 e. The summed E-state index contributed by atoms with van der Waals surface area (Å²) in [5.74, 6) is -0.121. The fraction of sp³-hybridized carbons (Fsp3) is 0.600. The summed E-state index contributed by atoms with van der Waals surface area (Å²) in [5.41, 5.74) is 0.749. The van der Waals surface area contributed by atoms with E-state index in [-0.39, 0.29) is 17.3 Å². The molecule has 0 saturated carbocycles. The van der Waals surface area contributed by atoms with Crippen molar-refractivity contribution < 1.29 is 12.8 Å². The molecule has 1 aliphatic heterocycles. The molecule has 126 valence electrons. The number of benzene rings is 1. The fourth-order valence-corrected chi connectivity index (χ4v) is 4.35. The first-order valence-corrected chi connectivity index (χ1v) is 8.80. The van der Waals surface area contributed by atoms with Crippen LogP contribution >= 0.6 is 12.4 Å². The molecule has 0 atom stereocenters. The summed E-state index contributed by atoms with van der Waals surface area (Å²) in [7, 11) is -1.80. The molecule has 1 saturated heterocycles. The molecule has 7 heteroatoms. The van der Waals surface area contributed by atoms with Crippen molar-refractivity contribution in [3.8, 4) is 0 Å². The van der Waals surface area contributed by atoms with E-state index in [4.69, 9.17) is 0 Å². The van der Waals surface area contributed by atoms with Gasteiger partial charge in [-0.05, 0) is 63.4 Å². The summed E-state index contributed by atoms with van der Waals surface area (Å²) in [6.07, 6.45) is 2.74. The van der Waals surface area contributed by atoms with Gasteiger partial charge < -0.3 is 5.32 Å². The van der Waals surface area contributed by atoms with E-state index in [2.05, 4.69) is 5.32 Å². The lowest BCUT2D eigenvalue weighted by molar-refractivity contribution is 0.262. The van der Waals surface area contributed by atoms with Gasteiger partial charge in [-0.15, -0.1) is 12.4 Å². The summed E-state index contributed by atoms with van der Waals surface area (Å²) in [6.45, 7) is 3.67. The highest BCUT2D eigenvalue weighted by molar-refractivity contribution is 7.89. The lowest BCUT2D eigenvalue weighted by atomic mass is 9.95. The van der Waals surface area contributed by atoms with Crippen molar-refractivity contribution in [1.29, 1.82) is 0 Å². The van der Waals surface area contributed by atoms with Crippen molar-refractivity contribution >= 4 is 22.4 Å². The second-order valence-electron chi connectivity index (χ2n) is 5.67. The van der Waals surface area contributed by atoms with Gasteiger partial charge in [0.05, 0.1) is 0 Å². The molecule has 0 spiro atoms. The Balaban J connectivity index is 0.00000242. The standard InChI is InChI=1S/C15H23FN2O2S.ClH/c1-12-3-4-14(16)15(11-12)21(19,20)18-9-6-13(7-10-18)5-8-17-2;/h3-4,11,13,17H,5-10H2,1-2H3;1H. The van der Waals surface area contributed by atoms with Crippen LogP contribution < -0.4 is 5.32 Å². The predicted molar refractivity (Wildman–Crippen MR) is 88.4 cm³/mol. The average molecular weight is 351 g/mol. The first kappa shape index (κ1) is 19.4. The van der Waals surface area contributed by atoms with Crippen LogP contribution in [0, 0.1) is 18.7 Å². The van der Waals surface area contributed by atoms with Crippen LogP contribution in [0.15, 0.2) is 23.1 Å². The van der Waals surface area contributed by atoms with Crippen LogP contribution in [-0.4, -0.2) is 39.4 Å². The predicted octanol–water partition coefficient (Wildman–Crippen LogP) is 2.57.